The number of fused-ring (bicyclic) bond motifs is 5. The molecule has 0 radical (unpaired) electrons. The first-order chi connectivity index (χ1) is 12.8. The molecule has 0 spiro atoms. The minimum absolute atomic E-state index is 0.157. The summed E-state index contributed by atoms with van der Waals surface area (Å²) < 4.78 is 0. The molecule has 0 amide bonds. The van der Waals surface area contributed by atoms with Crippen LogP contribution in [0, 0.1) is 46.3 Å². The van der Waals surface area contributed by atoms with Gasteiger partial charge in [-0.25, -0.2) is 0 Å². The summed E-state index contributed by atoms with van der Waals surface area (Å²) in [5, 5.41) is 21.4. The number of carbonyl (C=O) groups is 1. The Morgan fingerprint density at radius 3 is 2.44 bits per heavy atom. The van der Waals surface area contributed by atoms with Gasteiger partial charge >= 0.3 is 0 Å². The lowest BCUT2D eigenvalue weighted by molar-refractivity contribution is -0.174. The summed E-state index contributed by atoms with van der Waals surface area (Å²) in [5.74, 6) is 3.51. The average molecular weight is 377 g/mol. The fraction of sp³-hybridized carbons (Fsp3) is 0.958. The van der Waals surface area contributed by atoms with Gasteiger partial charge < -0.3 is 15.0 Å². The topological polar surface area (TPSA) is 57.5 Å². The highest BCUT2D eigenvalue weighted by molar-refractivity contribution is 5.49. The van der Waals surface area contributed by atoms with Gasteiger partial charge in [0.15, 0.2) is 0 Å². The van der Waals surface area contributed by atoms with Gasteiger partial charge in [-0.1, -0.05) is 20.8 Å². The number of rotatable bonds is 4. The molecule has 4 saturated carbocycles. The standard InChI is InChI=1S/C24H40O3/c1-15(5-4-12-25)18-6-7-19-22-20(9-11-24(18,19)3)23(2)10-8-17(26)13-16(23)14-21(22)27/h12,15-22,26-27H,4-11,13-14H2,1-3H3/t15-,16+,17-,18-,19+,20+,21+,22+,23+,24-/m1/s1. The van der Waals surface area contributed by atoms with Gasteiger partial charge in [-0.2, -0.15) is 0 Å². The van der Waals surface area contributed by atoms with Crippen molar-refractivity contribution in [1.29, 1.82) is 0 Å². The van der Waals surface area contributed by atoms with Gasteiger partial charge in [0, 0.05) is 6.42 Å². The van der Waals surface area contributed by atoms with Crippen molar-refractivity contribution < 1.29 is 15.0 Å². The lowest BCUT2D eigenvalue weighted by atomic mass is 9.43. The smallest absolute Gasteiger partial charge is 0.120 e. The molecular formula is C24H40O3. The van der Waals surface area contributed by atoms with Gasteiger partial charge in [-0.3, -0.25) is 0 Å². The number of aliphatic hydroxyl groups excluding tert-OH is 2. The Morgan fingerprint density at radius 1 is 1.00 bits per heavy atom. The summed E-state index contributed by atoms with van der Waals surface area (Å²) in [4.78, 5) is 10.9. The third-order valence-corrected chi connectivity index (χ3v) is 10.2. The summed E-state index contributed by atoms with van der Waals surface area (Å²) in [5.41, 5.74) is 0.646. The maximum atomic E-state index is 11.2. The number of hydrogen-bond donors (Lipinski definition) is 2. The predicted molar refractivity (Wildman–Crippen MR) is 107 cm³/mol. The van der Waals surface area contributed by atoms with E-state index in [2.05, 4.69) is 20.8 Å². The molecule has 0 aromatic rings. The second-order valence-corrected chi connectivity index (χ2v) is 11.2. The van der Waals surface area contributed by atoms with Crippen LogP contribution in [0.4, 0.5) is 0 Å². The van der Waals surface area contributed by atoms with Gasteiger partial charge in [0.2, 0.25) is 0 Å². The molecule has 0 heterocycles. The molecule has 10 atom stereocenters. The second kappa shape index (κ2) is 7.13. The number of aliphatic hydroxyl groups is 2. The molecule has 154 valence electrons. The van der Waals surface area contributed by atoms with E-state index in [0.717, 1.165) is 38.4 Å². The van der Waals surface area contributed by atoms with E-state index in [1.165, 1.54) is 25.7 Å². The van der Waals surface area contributed by atoms with Crippen molar-refractivity contribution in [3.8, 4) is 0 Å². The molecule has 27 heavy (non-hydrogen) atoms. The first-order valence-corrected chi connectivity index (χ1v) is 11.6. The van der Waals surface area contributed by atoms with Gasteiger partial charge in [-0.05, 0) is 104 Å². The molecule has 0 saturated heterocycles. The third kappa shape index (κ3) is 3.03. The summed E-state index contributed by atoms with van der Waals surface area (Å²) in [6.07, 6.45) is 11.4. The van der Waals surface area contributed by atoms with E-state index < -0.39 is 0 Å². The Labute approximate surface area is 165 Å². The van der Waals surface area contributed by atoms with Crippen LogP contribution >= 0.6 is 0 Å². The fourth-order valence-electron chi connectivity index (χ4n) is 8.71. The Hall–Kier alpha value is -0.410. The maximum absolute atomic E-state index is 11.2. The molecular weight excluding hydrogens is 336 g/mol. The zero-order valence-corrected chi connectivity index (χ0v) is 17.6. The van der Waals surface area contributed by atoms with E-state index in [4.69, 9.17) is 0 Å². The second-order valence-electron chi connectivity index (χ2n) is 11.2. The van der Waals surface area contributed by atoms with Crippen LogP contribution in [0.1, 0.15) is 85.0 Å². The van der Waals surface area contributed by atoms with E-state index in [9.17, 15) is 15.0 Å². The molecule has 4 aliphatic carbocycles. The lowest BCUT2D eigenvalue weighted by Gasteiger charge is -2.62. The first-order valence-electron chi connectivity index (χ1n) is 11.6. The molecule has 2 N–H and O–H groups in total. The quantitative estimate of drug-likeness (QED) is 0.706. The fourth-order valence-corrected chi connectivity index (χ4v) is 8.71. The minimum atomic E-state index is -0.188. The van der Waals surface area contributed by atoms with E-state index in [-0.39, 0.29) is 12.2 Å². The third-order valence-electron chi connectivity index (χ3n) is 10.2. The number of hydrogen-bond acceptors (Lipinski definition) is 3. The Balaban J connectivity index is 1.58. The molecule has 0 unspecified atom stereocenters. The van der Waals surface area contributed by atoms with Crippen molar-refractivity contribution in [3.05, 3.63) is 0 Å². The highest BCUT2D eigenvalue weighted by Crippen LogP contribution is 2.68. The van der Waals surface area contributed by atoms with Crippen molar-refractivity contribution >= 4 is 6.29 Å². The highest BCUT2D eigenvalue weighted by Gasteiger charge is 2.62. The van der Waals surface area contributed by atoms with Crippen molar-refractivity contribution in [2.75, 3.05) is 0 Å². The van der Waals surface area contributed by atoms with Crippen LogP contribution in [-0.4, -0.2) is 28.7 Å². The van der Waals surface area contributed by atoms with Crippen LogP contribution in [0.5, 0.6) is 0 Å². The monoisotopic (exact) mass is 376 g/mol. The van der Waals surface area contributed by atoms with Crippen molar-refractivity contribution in [1.82, 2.24) is 0 Å². The van der Waals surface area contributed by atoms with Gasteiger partial charge in [0.1, 0.15) is 6.29 Å². The van der Waals surface area contributed by atoms with Crippen LogP contribution in [0.15, 0.2) is 0 Å². The number of carbonyl (C=O) groups excluding carboxylic acids is 1. The molecule has 4 aliphatic rings. The van der Waals surface area contributed by atoms with Crippen LogP contribution < -0.4 is 0 Å². The van der Waals surface area contributed by atoms with E-state index in [1.54, 1.807) is 0 Å². The van der Waals surface area contributed by atoms with Crippen LogP contribution in [0.25, 0.3) is 0 Å². The lowest BCUT2D eigenvalue weighted by Crippen LogP contribution is -2.58. The molecule has 4 rings (SSSR count). The van der Waals surface area contributed by atoms with Crippen LogP contribution in [0.2, 0.25) is 0 Å². The average Bonchev–Trinajstić information content (AvgIpc) is 2.98. The number of aldehydes is 1. The van der Waals surface area contributed by atoms with E-state index in [0.29, 0.717) is 52.8 Å². The SMILES string of the molecule is C[C@H](CCC=O)[C@H]1CC[C@H]2[C@@H]3[C@@H](O)C[C@@H]4C[C@H](O)CC[C@]4(C)[C@H]3CC[C@]12C. The molecule has 3 heteroatoms. The van der Waals surface area contributed by atoms with Crippen LogP contribution in [0.3, 0.4) is 0 Å². The van der Waals surface area contributed by atoms with Crippen molar-refractivity contribution in [3.63, 3.8) is 0 Å². The zero-order valence-electron chi connectivity index (χ0n) is 17.6. The summed E-state index contributed by atoms with van der Waals surface area (Å²) >= 11 is 0. The predicted octanol–water partition coefficient (Wildman–Crippen LogP) is 4.59. The first kappa shape index (κ1) is 19.9. The van der Waals surface area contributed by atoms with Crippen molar-refractivity contribution in [2.24, 2.45) is 46.3 Å². The highest BCUT2D eigenvalue weighted by atomic mass is 16.3. The normalized spacial score (nSPS) is 53.1. The summed E-state index contributed by atoms with van der Waals surface area (Å²) in [6.45, 7) is 7.34. The van der Waals surface area contributed by atoms with E-state index >= 15 is 0 Å². The molecule has 0 aromatic heterocycles. The van der Waals surface area contributed by atoms with E-state index in [1.807, 2.05) is 0 Å². The largest absolute Gasteiger partial charge is 0.393 e. The molecule has 4 fully saturated rings. The maximum Gasteiger partial charge on any atom is 0.120 e. The van der Waals surface area contributed by atoms with Crippen molar-refractivity contribution in [2.45, 2.75) is 97.2 Å². The molecule has 0 aliphatic heterocycles. The summed E-state index contributed by atoms with van der Waals surface area (Å²) in [6, 6.07) is 0. The van der Waals surface area contributed by atoms with Gasteiger partial charge in [0.05, 0.1) is 12.2 Å². The van der Waals surface area contributed by atoms with Crippen LogP contribution in [-0.2, 0) is 4.79 Å². The zero-order chi connectivity index (χ0) is 19.4. The molecule has 0 bridgehead atoms. The van der Waals surface area contributed by atoms with Gasteiger partial charge in [0.25, 0.3) is 0 Å². The molecule has 3 nitrogen and oxygen atoms in total. The Morgan fingerprint density at radius 2 is 1.70 bits per heavy atom. The summed E-state index contributed by atoms with van der Waals surface area (Å²) in [7, 11) is 0. The Bertz CT molecular complexity index is 562. The molecule has 0 aromatic carbocycles. The minimum Gasteiger partial charge on any atom is -0.393 e. The Kier molecular flexibility index (Phi) is 5.25. The van der Waals surface area contributed by atoms with Gasteiger partial charge in [-0.15, -0.1) is 0 Å².